The van der Waals surface area contributed by atoms with Crippen LogP contribution in [0, 0.1) is 11.3 Å². The summed E-state index contributed by atoms with van der Waals surface area (Å²) in [6.07, 6.45) is 4.22. The summed E-state index contributed by atoms with van der Waals surface area (Å²) in [6, 6.07) is 6.39. The lowest BCUT2D eigenvalue weighted by atomic mass is 9.98. The van der Waals surface area contributed by atoms with E-state index in [4.69, 9.17) is 5.26 Å². The summed E-state index contributed by atoms with van der Waals surface area (Å²) >= 11 is 0. The van der Waals surface area contributed by atoms with Crippen LogP contribution in [-0.4, -0.2) is 4.57 Å². The number of aryl methyl sites for hydroxylation is 1. The highest BCUT2D eigenvalue weighted by Crippen LogP contribution is 2.26. The number of hydrogen-bond donors (Lipinski definition) is 0. The summed E-state index contributed by atoms with van der Waals surface area (Å²) in [5.41, 5.74) is 1.19. The zero-order valence-corrected chi connectivity index (χ0v) is 6.33. The molecule has 1 aromatic rings. The summed E-state index contributed by atoms with van der Waals surface area (Å²) in [5, 5.41) is 8.79. The summed E-state index contributed by atoms with van der Waals surface area (Å²) in [6.45, 7) is 1.08. The number of nitriles is 1. The van der Waals surface area contributed by atoms with Gasteiger partial charge in [-0.15, -0.1) is 0 Å². The molecule has 0 radical (unpaired) electrons. The molecule has 11 heavy (non-hydrogen) atoms. The van der Waals surface area contributed by atoms with E-state index in [0.29, 0.717) is 0 Å². The molecule has 0 saturated heterocycles. The molecule has 1 aliphatic rings. The minimum atomic E-state index is 0.138. The van der Waals surface area contributed by atoms with Crippen LogP contribution in [-0.2, 0) is 6.54 Å². The Morgan fingerprint density at radius 1 is 1.64 bits per heavy atom. The molecular formula is C9H10N2. The zero-order chi connectivity index (χ0) is 7.68. The Morgan fingerprint density at radius 3 is 3.36 bits per heavy atom. The van der Waals surface area contributed by atoms with Crippen molar-refractivity contribution in [3.63, 3.8) is 0 Å². The fraction of sp³-hybridized carbons (Fsp3) is 0.444. The van der Waals surface area contributed by atoms with Crippen molar-refractivity contribution in [2.45, 2.75) is 25.3 Å². The fourth-order valence-electron chi connectivity index (χ4n) is 1.69. The second-order valence-electron chi connectivity index (χ2n) is 2.95. The van der Waals surface area contributed by atoms with Crippen molar-refractivity contribution >= 4 is 0 Å². The highest BCUT2D eigenvalue weighted by atomic mass is 15.0. The van der Waals surface area contributed by atoms with Gasteiger partial charge in [-0.3, -0.25) is 0 Å². The lowest BCUT2D eigenvalue weighted by molar-refractivity contribution is 0.504. The minimum absolute atomic E-state index is 0.138. The third-order valence-electron chi connectivity index (χ3n) is 2.27. The molecule has 1 aromatic heterocycles. The first-order valence-corrected chi connectivity index (χ1v) is 3.96. The molecule has 1 unspecified atom stereocenters. The first kappa shape index (κ1) is 6.48. The van der Waals surface area contributed by atoms with Crippen LogP contribution in [0.2, 0.25) is 0 Å². The Morgan fingerprint density at radius 2 is 2.55 bits per heavy atom. The SMILES string of the molecule is N#CC1CCCn2cccc21. The highest BCUT2D eigenvalue weighted by Gasteiger charge is 2.18. The Hall–Kier alpha value is -1.23. The van der Waals surface area contributed by atoms with E-state index >= 15 is 0 Å². The van der Waals surface area contributed by atoms with Gasteiger partial charge in [-0.25, -0.2) is 0 Å². The predicted octanol–water partition coefficient (Wildman–Crippen LogP) is 1.89. The molecule has 0 bridgehead atoms. The molecule has 0 aliphatic carbocycles. The molecule has 1 aliphatic heterocycles. The third-order valence-corrected chi connectivity index (χ3v) is 2.27. The molecule has 2 heteroatoms. The molecule has 2 heterocycles. The largest absolute Gasteiger partial charge is 0.350 e. The van der Waals surface area contributed by atoms with E-state index in [0.717, 1.165) is 19.4 Å². The van der Waals surface area contributed by atoms with Crippen molar-refractivity contribution in [3.8, 4) is 6.07 Å². The summed E-state index contributed by atoms with van der Waals surface area (Å²) in [4.78, 5) is 0. The van der Waals surface area contributed by atoms with Gasteiger partial charge in [0.2, 0.25) is 0 Å². The number of rotatable bonds is 0. The molecule has 2 rings (SSSR count). The molecule has 0 spiro atoms. The van der Waals surface area contributed by atoms with Crippen LogP contribution in [0.4, 0.5) is 0 Å². The van der Waals surface area contributed by atoms with Crippen molar-refractivity contribution in [1.29, 1.82) is 5.26 Å². The van der Waals surface area contributed by atoms with E-state index in [2.05, 4.69) is 16.8 Å². The van der Waals surface area contributed by atoms with E-state index in [9.17, 15) is 0 Å². The van der Waals surface area contributed by atoms with Crippen molar-refractivity contribution in [1.82, 2.24) is 4.57 Å². The van der Waals surface area contributed by atoms with Gasteiger partial charge < -0.3 is 4.57 Å². The average Bonchev–Trinajstić information content (AvgIpc) is 2.50. The van der Waals surface area contributed by atoms with Gasteiger partial charge in [0, 0.05) is 18.4 Å². The predicted molar refractivity (Wildman–Crippen MR) is 42.0 cm³/mol. The van der Waals surface area contributed by atoms with Gasteiger partial charge in [0.25, 0.3) is 0 Å². The Balaban J connectivity index is 2.41. The molecule has 0 N–H and O–H groups in total. The number of hydrogen-bond acceptors (Lipinski definition) is 1. The van der Waals surface area contributed by atoms with Gasteiger partial charge in [0.05, 0.1) is 12.0 Å². The average molecular weight is 146 g/mol. The van der Waals surface area contributed by atoms with E-state index in [1.165, 1.54) is 5.69 Å². The Bertz CT molecular complexity index is 293. The second kappa shape index (κ2) is 2.43. The molecule has 2 nitrogen and oxygen atoms in total. The first-order valence-electron chi connectivity index (χ1n) is 3.96. The van der Waals surface area contributed by atoms with Gasteiger partial charge >= 0.3 is 0 Å². The lowest BCUT2D eigenvalue weighted by Gasteiger charge is -2.18. The van der Waals surface area contributed by atoms with Crippen LogP contribution < -0.4 is 0 Å². The molecule has 0 saturated carbocycles. The maximum Gasteiger partial charge on any atom is 0.0865 e. The number of nitrogens with zero attached hydrogens (tertiary/aromatic N) is 2. The van der Waals surface area contributed by atoms with E-state index < -0.39 is 0 Å². The summed E-state index contributed by atoms with van der Waals surface area (Å²) in [5.74, 6) is 0.138. The lowest BCUT2D eigenvalue weighted by Crippen LogP contribution is -2.12. The zero-order valence-electron chi connectivity index (χ0n) is 6.33. The van der Waals surface area contributed by atoms with Crippen LogP contribution in [0.5, 0.6) is 0 Å². The van der Waals surface area contributed by atoms with Crippen molar-refractivity contribution in [3.05, 3.63) is 24.0 Å². The molecule has 0 amide bonds. The quantitative estimate of drug-likeness (QED) is 0.549. The van der Waals surface area contributed by atoms with Crippen LogP contribution in [0.25, 0.3) is 0 Å². The molecular weight excluding hydrogens is 136 g/mol. The molecule has 0 aromatic carbocycles. The van der Waals surface area contributed by atoms with Crippen LogP contribution in [0.1, 0.15) is 24.5 Å². The topological polar surface area (TPSA) is 28.7 Å². The highest BCUT2D eigenvalue weighted by molar-refractivity contribution is 5.20. The van der Waals surface area contributed by atoms with E-state index in [1.54, 1.807) is 0 Å². The standard InChI is InChI=1S/C9H10N2/c10-7-8-3-1-5-11-6-2-4-9(8)11/h2,4,6,8H,1,3,5H2. The Labute approximate surface area is 66.1 Å². The van der Waals surface area contributed by atoms with Gasteiger partial charge in [0.15, 0.2) is 0 Å². The second-order valence-corrected chi connectivity index (χ2v) is 2.95. The molecule has 0 fully saturated rings. The number of aromatic nitrogens is 1. The van der Waals surface area contributed by atoms with Crippen LogP contribution in [0.3, 0.4) is 0 Å². The van der Waals surface area contributed by atoms with Gasteiger partial charge in [-0.2, -0.15) is 5.26 Å². The smallest absolute Gasteiger partial charge is 0.0865 e. The van der Waals surface area contributed by atoms with E-state index in [1.807, 2.05) is 12.1 Å². The van der Waals surface area contributed by atoms with Gasteiger partial charge in [-0.05, 0) is 25.0 Å². The number of fused-ring (bicyclic) bond motifs is 1. The van der Waals surface area contributed by atoms with Gasteiger partial charge in [-0.1, -0.05) is 0 Å². The van der Waals surface area contributed by atoms with Crippen molar-refractivity contribution < 1.29 is 0 Å². The minimum Gasteiger partial charge on any atom is -0.350 e. The summed E-state index contributed by atoms with van der Waals surface area (Å²) < 4.78 is 2.18. The van der Waals surface area contributed by atoms with Crippen LogP contribution >= 0.6 is 0 Å². The van der Waals surface area contributed by atoms with Crippen molar-refractivity contribution in [2.75, 3.05) is 0 Å². The fourth-order valence-corrected chi connectivity index (χ4v) is 1.69. The first-order chi connectivity index (χ1) is 5.42. The van der Waals surface area contributed by atoms with E-state index in [-0.39, 0.29) is 5.92 Å². The van der Waals surface area contributed by atoms with Crippen LogP contribution in [0.15, 0.2) is 18.3 Å². The normalized spacial score (nSPS) is 22.3. The maximum absolute atomic E-state index is 8.79. The molecule has 56 valence electrons. The monoisotopic (exact) mass is 146 g/mol. The maximum atomic E-state index is 8.79. The Kier molecular flexibility index (Phi) is 1.43. The summed E-state index contributed by atoms with van der Waals surface area (Å²) in [7, 11) is 0. The third kappa shape index (κ3) is 0.932. The van der Waals surface area contributed by atoms with Crippen molar-refractivity contribution in [2.24, 2.45) is 0 Å². The molecule has 1 atom stereocenters. The van der Waals surface area contributed by atoms with Gasteiger partial charge in [0.1, 0.15) is 0 Å².